The van der Waals surface area contributed by atoms with Crippen LogP contribution in [0.3, 0.4) is 0 Å². The Morgan fingerprint density at radius 1 is 0.933 bits per heavy atom. The number of carboxylic acid groups (broad SMARTS) is 1. The van der Waals surface area contributed by atoms with Gasteiger partial charge >= 0.3 is 12.1 Å². The second kappa shape index (κ2) is 19.2. The number of carbonyl (C=O) groups excluding carboxylic acids is 1. The Balaban J connectivity index is 0.000000793. The summed E-state index contributed by atoms with van der Waals surface area (Å²) in [5.41, 5.74) is 5.59. The van der Waals surface area contributed by atoms with E-state index in [2.05, 4.69) is 50.2 Å². The number of anilines is 2. The molecular formula is C42H39ClF3N5O7S2. The number of nitrogens with zero attached hydrogens (tertiary/aromatic N) is 3. The quantitative estimate of drug-likeness (QED) is 0.0477. The Morgan fingerprint density at radius 3 is 2.38 bits per heavy atom. The molecule has 2 heterocycles. The van der Waals surface area contributed by atoms with Gasteiger partial charge in [-0.15, -0.1) is 11.8 Å². The number of sulfonamides is 1. The molecule has 2 aliphatic rings. The molecule has 0 radical (unpaired) electrons. The number of carbonyl (C=O) groups is 2. The number of hydrogen-bond donors (Lipinski definition) is 3. The number of amides is 1. The number of aryl methyl sites for hydroxylation is 1. The van der Waals surface area contributed by atoms with E-state index in [1.807, 2.05) is 54.6 Å². The monoisotopic (exact) mass is 881 g/mol. The fourth-order valence-corrected chi connectivity index (χ4v) is 9.06. The van der Waals surface area contributed by atoms with Gasteiger partial charge in [0.1, 0.15) is 5.69 Å². The van der Waals surface area contributed by atoms with Gasteiger partial charge in [-0.1, -0.05) is 66.2 Å². The van der Waals surface area contributed by atoms with Crippen LogP contribution in [0.2, 0.25) is 5.02 Å². The number of thioether (sulfide) groups is 1. The molecule has 0 aliphatic carbocycles. The average molecular weight is 882 g/mol. The van der Waals surface area contributed by atoms with Crippen molar-refractivity contribution in [2.45, 2.75) is 41.4 Å². The first-order chi connectivity index (χ1) is 28.6. The highest BCUT2D eigenvalue weighted by Gasteiger charge is 2.38. The number of fused-ring (bicyclic) bond motifs is 3. The van der Waals surface area contributed by atoms with Gasteiger partial charge in [-0.2, -0.15) is 13.2 Å². The van der Waals surface area contributed by atoms with Crippen LogP contribution in [0.15, 0.2) is 125 Å². The molecule has 1 atom stereocenters. The Kier molecular flexibility index (Phi) is 14.0. The van der Waals surface area contributed by atoms with E-state index < -0.39 is 38.7 Å². The summed E-state index contributed by atoms with van der Waals surface area (Å²) in [5, 5.41) is 22.7. The third-order valence-corrected chi connectivity index (χ3v) is 12.5. The summed E-state index contributed by atoms with van der Waals surface area (Å²) in [6.07, 6.45) is -3.43. The number of hydrogen-bond acceptors (Lipinski definition) is 10. The minimum absolute atomic E-state index is 0.199. The first-order valence-electron chi connectivity index (χ1n) is 18.6. The largest absolute Gasteiger partial charge is 0.490 e. The van der Waals surface area contributed by atoms with Gasteiger partial charge in [0.15, 0.2) is 0 Å². The molecule has 12 nitrogen and oxygen atoms in total. The number of piperazine rings is 1. The summed E-state index contributed by atoms with van der Waals surface area (Å²) in [7, 11) is -4.40. The molecule has 5 aromatic carbocycles. The van der Waals surface area contributed by atoms with E-state index in [0.717, 1.165) is 66.8 Å². The maximum Gasteiger partial charge on any atom is 0.490 e. The van der Waals surface area contributed by atoms with E-state index in [0.29, 0.717) is 23.4 Å². The van der Waals surface area contributed by atoms with E-state index in [4.69, 9.17) is 21.5 Å². The van der Waals surface area contributed by atoms with Crippen LogP contribution in [-0.4, -0.2) is 79.4 Å². The predicted octanol–water partition coefficient (Wildman–Crippen LogP) is 8.51. The molecule has 1 saturated heterocycles. The summed E-state index contributed by atoms with van der Waals surface area (Å²) < 4.78 is 60.4. The van der Waals surface area contributed by atoms with Gasteiger partial charge in [-0.3, -0.25) is 19.8 Å². The maximum absolute atomic E-state index is 13.3. The second-order valence-electron chi connectivity index (χ2n) is 13.9. The van der Waals surface area contributed by atoms with Crippen molar-refractivity contribution in [1.29, 1.82) is 0 Å². The lowest BCUT2D eigenvalue weighted by molar-refractivity contribution is -0.384. The van der Waals surface area contributed by atoms with Crippen LogP contribution in [0.1, 0.15) is 27.9 Å². The topological polar surface area (TPSA) is 162 Å². The molecule has 1 fully saturated rings. The maximum atomic E-state index is 13.3. The molecule has 3 N–H and O–H groups in total. The summed E-state index contributed by atoms with van der Waals surface area (Å²) in [6, 6.07) is 35.3. The van der Waals surface area contributed by atoms with Crippen LogP contribution in [0.5, 0.6) is 0 Å². The Morgan fingerprint density at radius 2 is 1.67 bits per heavy atom. The number of halogens is 4. The Bertz CT molecular complexity index is 2480. The number of nitrogens with one attached hydrogen (secondary N) is 2. The third kappa shape index (κ3) is 11.1. The zero-order valence-corrected chi connectivity index (χ0v) is 34.2. The third-order valence-electron chi connectivity index (χ3n) is 9.89. The highest BCUT2D eigenvalue weighted by atomic mass is 35.5. The highest BCUT2D eigenvalue weighted by Crippen LogP contribution is 2.35. The SMILES string of the molecule is O=C(NS(=O)(=O)c1ccc(NCCSc2ccccc2)c([N+](=O)[O-])c1)c1ccc2c(c1)CC[C@H]1CN(Cc3ccccc3-c3cccc(Cl)c3)CCN21.O=C(O)C(F)(F)F. The normalized spacial score (nSPS) is 15.1. The first-order valence-corrected chi connectivity index (χ1v) is 21.5. The van der Waals surface area contributed by atoms with Gasteiger partial charge in [-0.05, 0) is 89.7 Å². The Hall–Kier alpha value is -5.62. The van der Waals surface area contributed by atoms with Gasteiger partial charge in [0.25, 0.3) is 21.6 Å². The molecular weight excluding hydrogens is 843 g/mol. The van der Waals surface area contributed by atoms with E-state index in [1.165, 1.54) is 23.3 Å². The van der Waals surface area contributed by atoms with Crippen molar-refractivity contribution in [3.8, 4) is 11.1 Å². The number of carboxylic acids is 1. The number of benzene rings is 5. The van der Waals surface area contributed by atoms with Gasteiger partial charge in [0.05, 0.1) is 9.82 Å². The zero-order chi connectivity index (χ0) is 43.0. The molecule has 7 rings (SSSR count). The van der Waals surface area contributed by atoms with E-state index in [9.17, 15) is 36.5 Å². The van der Waals surface area contributed by atoms with Crippen LogP contribution in [0.25, 0.3) is 11.1 Å². The lowest BCUT2D eigenvalue weighted by Gasteiger charge is -2.46. The number of nitro benzene ring substituents is 1. The van der Waals surface area contributed by atoms with Crippen molar-refractivity contribution in [2.75, 3.05) is 42.1 Å². The summed E-state index contributed by atoms with van der Waals surface area (Å²) in [4.78, 5) is 39.0. The lowest BCUT2D eigenvalue weighted by atomic mass is 9.92. The standard InChI is InChI=1S/C40H38ClN5O5S2.C2HF3O2/c41-32-9-6-8-28(24-32)36-12-5-4-7-31(36)26-44-20-21-45-33(27-44)15-13-29-23-30(14-18-38(29)45)40(47)43-53(50,51)35-16-17-37(39(25-35)46(48)49)42-19-22-52-34-10-2-1-3-11-34;3-2(4,5)1(6)7/h1-12,14,16-18,23-25,33,42H,13,15,19-22,26-27H2,(H,43,47);(H,6,7)/t33-;/m0./s1. The molecule has 0 aromatic heterocycles. The number of alkyl halides is 3. The number of rotatable bonds is 12. The minimum atomic E-state index is -5.08. The number of aliphatic carboxylic acids is 1. The summed E-state index contributed by atoms with van der Waals surface area (Å²) in [5.74, 6) is -2.90. The van der Waals surface area contributed by atoms with Crippen molar-refractivity contribution < 1.29 is 41.2 Å². The predicted molar refractivity (Wildman–Crippen MR) is 225 cm³/mol. The molecule has 0 unspecified atom stereocenters. The fraction of sp³-hybridized carbons (Fsp3) is 0.238. The van der Waals surface area contributed by atoms with Crippen molar-refractivity contribution in [2.24, 2.45) is 0 Å². The minimum Gasteiger partial charge on any atom is -0.475 e. The molecule has 1 amide bonds. The van der Waals surface area contributed by atoms with Crippen LogP contribution in [-0.2, 0) is 27.8 Å². The summed E-state index contributed by atoms with van der Waals surface area (Å²) >= 11 is 7.90. The van der Waals surface area contributed by atoms with E-state index in [1.54, 1.807) is 23.9 Å². The molecule has 0 bridgehead atoms. The molecule has 18 heteroatoms. The van der Waals surface area contributed by atoms with Crippen LogP contribution < -0.4 is 14.9 Å². The van der Waals surface area contributed by atoms with Gasteiger partial charge in [0.2, 0.25) is 0 Å². The summed E-state index contributed by atoms with van der Waals surface area (Å²) in [6.45, 7) is 3.85. The van der Waals surface area contributed by atoms with Gasteiger partial charge < -0.3 is 15.3 Å². The lowest BCUT2D eigenvalue weighted by Crippen LogP contribution is -2.54. The van der Waals surface area contributed by atoms with Crippen molar-refractivity contribution in [1.82, 2.24) is 9.62 Å². The average Bonchev–Trinajstić information content (AvgIpc) is 3.22. The van der Waals surface area contributed by atoms with Crippen molar-refractivity contribution in [3.05, 3.63) is 147 Å². The first kappa shape index (κ1) is 43.9. The molecule has 0 spiro atoms. The molecule has 314 valence electrons. The van der Waals surface area contributed by atoms with Crippen LogP contribution in [0, 0.1) is 10.1 Å². The second-order valence-corrected chi connectivity index (χ2v) is 17.2. The molecule has 0 saturated carbocycles. The van der Waals surface area contributed by atoms with Crippen molar-refractivity contribution in [3.63, 3.8) is 0 Å². The van der Waals surface area contributed by atoms with E-state index in [-0.39, 0.29) is 16.1 Å². The smallest absolute Gasteiger partial charge is 0.475 e. The number of nitro groups is 1. The van der Waals surface area contributed by atoms with E-state index >= 15 is 0 Å². The zero-order valence-electron chi connectivity index (χ0n) is 31.8. The van der Waals surface area contributed by atoms with Crippen LogP contribution >= 0.6 is 23.4 Å². The van der Waals surface area contributed by atoms with Crippen LogP contribution in [0.4, 0.5) is 30.2 Å². The fourth-order valence-electron chi connectivity index (χ4n) is 7.08. The Labute approximate surface area is 353 Å². The van der Waals surface area contributed by atoms with Gasteiger partial charge in [0, 0.05) is 71.8 Å². The van der Waals surface area contributed by atoms with Gasteiger partial charge in [-0.25, -0.2) is 17.9 Å². The highest BCUT2D eigenvalue weighted by molar-refractivity contribution is 7.99. The molecule has 2 aliphatic heterocycles. The van der Waals surface area contributed by atoms with Crippen molar-refractivity contribution >= 4 is 62.3 Å². The molecule has 60 heavy (non-hydrogen) atoms. The molecule has 5 aromatic rings.